The minimum Gasteiger partial charge on any atom is -0.480 e. The monoisotopic (exact) mass is 320 g/mol. The highest BCUT2D eigenvalue weighted by atomic mass is 32.1. The molecule has 1 amide bonds. The van der Waals surface area contributed by atoms with Crippen LogP contribution in [0.15, 0.2) is 18.5 Å². The normalized spacial score (nSPS) is 10.5. The molecule has 1 N–H and O–H groups in total. The smallest absolute Gasteiger partial charge is 0.323 e. The maximum Gasteiger partial charge on any atom is 0.323 e. The van der Waals surface area contributed by atoms with Gasteiger partial charge in [0.25, 0.3) is 5.91 Å². The Hall–Kier alpha value is -2.35. The summed E-state index contributed by atoms with van der Waals surface area (Å²) < 4.78 is 0. The summed E-state index contributed by atoms with van der Waals surface area (Å²) in [6.07, 6.45) is 3.90. The maximum atomic E-state index is 12.5. The van der Waals surface area contributed by atoms with Gasteiger partial charge >= 0.3 is 5.97 Å². The summed E-state index contributed by atoms with van der Waals surface area (Å²) in [5.74, 6) is -0.896. The summed E-state index contributed by atoms with van der Waals surface area (Å²) in [6, 6.07) is 1.70. The Kier molecular flexibility index (Phi) is 5.16. The van der Waals surface area contributed by atoms with Crippen molar-refractivity contribution < 1.29 is 14.7 Å². The fourth-order valence-electron chi connectivity index (χ4n) is 1.93. The predicted molar refractivity (Wildman–Crippen MR) is 81.7 cm³/mol. The van der Waals surface area contributed by atoms with E-state index in [2.05, 4.69) is 15.0 Å². The summed E-state index contributed by atoms with van der Waals surface area (Å²) in [5, 5.41) is 9.48. The van der Waals surface area contributed by atoms with Gasteiger partial charge in [0.1, 0.15) is 11.4 Å². The number of amides is 1. The summed E-state index contributed by atoms with van der Waals surface area (Å²) >= 11 is 1.18. The van der Waals surface area contributed by atoms with E-state index in [0.717, 1.165) is 0 Å². The zero-order valence-electron chi connectivity index (χ0n) is 12.3. The Morgan fingerprint density at radius 2 is 2.00 bits per heavy atom. The van der Waals surface area contributed by atoms with Gasteiger partial charge in [-0.15, -0.1) is 11.3 Å². The van der Waals surface area contributed by atoms with Gasteiger partial charge in [0.15, 0.2) is 10.8 Å². The van der Waals surface area contributed by atoms with Crippen LogP contribution in [-0.4, -0.2) is 49.9 Å². The second kappa shape index (κ2) is 7.08. The molecule has 0 aliphatic carbocycles. The van der Waals surface area contributed by atoms with E-state index in [0.29, 0.717) is 34.4 Å². The number of carbonyl (C=O) groups is 2. The van der Waals surface area contributed by atoms with Crippen molar-refractivity contribution in [2.45, 2.75) is 20.3 Å². The molecule has 0 unspecified atom stereocenters. The topological polar surface area (TPSA) is 96.3 Å². The molecule has 0 spiro atoms. The SMILES string of the molecule is CCCN(CC(=O)O)C(=O)c1sc(-c2ncccn2)nc1C. The first-order valence-corrected chi connectivity index (χ1v) is 7.60. The summed E-state index contributed by atoms with van der Waals surface area (Å²) in [4.78, 5) is 37.7. The Morgan fingerprint density at radius 3 is 2.59 bits per heavy atom. The third-order valence-electron chi connectivity index (χ3n) is 2.85. The quantitative estimate of drug-likeness (QED) is 0.872. The van der Waals surface area contributed by atoms with E-state index in [1.54, 1.807) is 25.4 Å². The second-order valence-electron chi connectivity index (χ2n) is 4.63. The van der Waals surface area contributed by atoms with Gasteiger partial charge in [0.2, 0.25) is 0 Å². The Morgan fingerprint density at radius 1 is 1.32 bits per heavy atom. The van der Waals surface area contributed by atoms with Crippen LogP contribution in [0.5, 0.6) is 0 Å². The van der Waals surface area contributed by atoms with Crippen LogP contribution in [0.3, 0.4) is 0 Å². The van der Waals surface area contributed by atoms with Gasteiger partial charge in [-0.25, -0.2) is 15.0 Å². The summed E-state index contributed by atoms with van der Waals surface area (Å²) in [7, 11) is 0. The van der Waals surface area contributed by atoms with Crippen molar-refractivity contribution in [3.63, 3.8) is 0 Å². The van der Waals surface area contributed by atoms with Gasteiger partial charge in [-0.05, 0) is 19.4 Å². The maximum absolute atomic E-state index is 12.5. The summed E-state index contributed by atoms with van der Waals surface area (Å²) in [6.45, 7) is 3.69. The number of nitrogens with zero attached hydrogens (tertiary/aromatic N) is 4. The van der Waals surface area contributed by atoms with Gasteiger partial charge in [0, 0.05) is 18.9 Å². The first-order valence-electron chi connectivity index (χ1n) is 6.78. The van der Waals surface area contributed by atoms with Crippen LogP contribution in [0, 0.1) is 6.92 Å². The number of carbonyl (C=O) groups excluding carboxylic acids is 1. The second-order valence-corrected chi connectivity index (χ2v) is 5.63. The van der Waals surface area contributed by atoms with Crippen LogP contribution in [0.1, 0.15) is 28.7 Å². The predicted octanol–water partition coefficient (Wildman–Crippen LogP) is 1.85. The van der Waals surface area contributed by atoms with Crippen molar-refractivity contribution in [2.75, 3.05) is 13.1 Å². The van der Waals surface area contributed by atoms with E-state index < -0.39 is 5.97 Å². The van der Waals surface area contributed by atoms with Gasteiger partial charge in [0.05, 0.1) is 5.69 Å². The number of aryl methyl sites for hydroxylation is 1. The van der Waals surface area contributed by atoms with Crippen LogP contribution in [-0.2, 0) is 4.79 Å². The lowest BCUT2D eigenvalue weighted by atomic mass is 10.3. The highest BCUT2D eigenvalue weighted by Gasteiger charge is 2.23. The van der Waals surface area contributed by atoms with Crippen molar-refractivity contribution >= 4 is 23.2 Å². The first kappa shape index (κ1) is 16.0. The number of aromatic nitrogens is 3. The van der Waals surface area contributed by atoms with Crippen molar-refractivity contribution in [2.24, 2.45) is 0 Å². The third-order valence-corrected chi connectivity index (χ3v) is 4.00. The molecule has 0 bridgehead atoms. The molecule has 22 heavy (non-hydrogen) atoms. The molecule has 0 fully saturated rings. The van der Waals surface area contributed by atoms with Gasteiger partial charge in [-0.3, -0.25) is 9.59 Å². The van der Waals surface area contributed by atoms with E-state index in [-0.39, 0.29) is 12.5 Å². The number of hydrogen-bond donors (Lipinski definition) is 1. The van der Waals surface area contributed by atoms with Gasteiger partial charge < -0.3 is 10.0 Å². The van der Waals surface area contributed by atoms with Crippen LogP contribution in [0.25, 0.3) is 10.8 Å². The lowest BCUT2D eigenvalue weighted by molar-refractivity contribution is -0.137. The van der Waals surface area contributed by atoms with Crippen LogP contribution < -0.4 is 0 Å². The highest BCUT2D eigenvalue weighted by Crippen LogP contribution is 2.26. The lowest BCUT2D eigenvalue weighted by Crippen LogP contribution is -2.36. The zero-order valence-corrected chi connectivity index (χ0v) is 13.1. The first-order chi connectivity index (χ1) is 10.5. The molecule has 0 radical (unpaired) electrons. The molecular weight excluding hydrogens is 304 g/mol. The number of aliphatic carboxylic acids is 1. The van der Waals surface area contributed by atoms with Crippen LogP contribution in [0.2, 0.25) is 0 Å². The van der Waals surface area contributed by atoms with E-state index in [1.807, 2.05) is 6.92 Å². The van der Waals surface area contributed by atoms with Crippen molar-refractivity contribution in [3.05, 3.63) is 29.0 Å². The van der Waals surface area contributed by atoms with Gasteiger partial charge in [-0.1, -0.05) is 6.92 Å². The van der Waals surface area contributed by atoms with Crippen LogP contribution >= 0.6 is 11.3 Å². The molecule has 0 aliphatic heterocycles. The van der Waals surface area contributed by atoms with E-state index >= 15 is 0 Å². The van der Waals surface area contributed by atoms with Crippen molar-refractivity contribution in [3.8, 4) is 10.8 Å². The summed E-state index contributed by atoms with van der Waals surface area (Å²) in [5.41, 5.74) is 0.559. The number of carboxylic acids is 1. The minimum atomic E-state index is -1.03. The zero-order chi connectivity index (χ0) is 16.1. The molecule has 0 aromatic carbocycles. The molecular formula is C14H16N4O3S. The van der Waals surface area contributed by atoms with E-state index in [9.17, 15) is 9.59 Å². The number of rotatable bonds is 6. The number of thiazole rings is 1. The number of carboxylic acid groups (broad SMARTS) is 1. The highest BCUT2D eigenvalue weighted by molar-refractivity contribution is 7.17. The standard InChI is InChI=1S/C14H16N4O3S/c1-3-7-18(8-10(19)20)14(21)11-9(2)17-13(22-11)12-15-5-4-6-16-12/h4-6H,3,7-8H2,1-2H3,(H,19,20). The average molecular weight is 320 g/mol. The third kappa shape index (κ3) is 3.64. The Labute approximate surface area is 131 Å². The molecule has 116 valence electrons. The van der Waals surface area contributed by atoms with Crippen molar-refractivity contribution in [1.82, 2.24) is 19.9 Å². The fourth-order valence-corrected chi connectivity index (χ4v) is 2.91. The Balaban J connectivity index is 2.29. The molecule has 0 saturated carbocycles. The molecule has 2 rings (SSSR count). The molecule has 0 aliphatic rings. The average Bonchev–Trinajstić information content (AvgIpc) is 2.88. The molecule has 0 atom stereocenters. The minimum absolute atomic E-state index is 0.318. The molecule has 0 saturated heterocycles. The molecule has 2 aromatic heterocycles. The fraction of sp³-hybridized carbons (Fsp3) is 0.357. The van der Waals surface area contributed by atoms with Crippen LogP contribution in [0.4, 0.5) is 0 Å². The van der Waals surface area contributed by atoms with Gasteiger partial charge in [-0.2, -0.15) is 0 Å². The molecule has 2 heterocycles. The van der Waals surface area contributed by atoms with E-state index in [4.69, 9.17) is 5.11 Å². The molecule has 7 nitrogen and oxygen atoms in total. The van der Waals surface area contributed by atoms with E-state index in [1.165, 1.54) is 16.2 Å². The number of hydrogen-bond acceptors (Lipinski definition) is 6. The molecule has 2 aromatic rings. The molecule has 8 heteroatoms. The lowest BCUT2D eigenvalue weighted by Gasteiger charge is -2.19. The largest absolute Gasteiger partial charge is 0.480 e. The van der Waals surface area contributed by atoms with Crippen molar-refractivity contribution in [1.29, 1.82) is 0 Å². The Bertz CT molecular complexity index is 672.